The number of nitrogens with one attached hydrogen (secondary N) is 1. The maximum atomic E-state index is 5.49. The van der Waals surface area contributed by atoms with Crippen molar-refractivity contribution in [2.24, 2.45) is 0 Å². The number of ether oxygens (including phenoxy) is 1. The van der Waals surface area contributed by atoms with Crippen LogP contribution in [0, 0.1) is 13.8 Å². The molecule has 0 saturated heterocycles. The summed E-state index contributed by atoms with van der Waals surface area (Å²) in [5, 5.41) is 3.36. The van der Waals surface area contributed by atoms with E-state index in [1.165, 1.54) is 5.56 Å². The number of hydrogen-bond donors (Lipinski definition) is 1. The first-order valence-electron chi connectivity index (χ1n) is 9.28. The molecule has 0 unspecified atom stereocenters. The molecule has 140 valence electrons. The number of aromatic nitrogens is 2. The number of rotatable bonds is 7. The van der Waals surface area contributed by atoms with Crippen LogP contribution in [0.1, 0.15) is 25.2 Å². The molecule has 0 saturated carbocycles. The molecule has 0 radical (unpaired) electrons. The van der Waals surface area contributed by atoms with Crippen molar-refractivity contribution >= 4 is 23.0 Å². The Balaban J connectivity index is 1.87. The number of benzene rings is 2. The quantitative estimate of drug-likeness (QED) is 0.610. The smallest absolute Gasteiger partial charge is 0.138 e. The Morgan fingerprint density at radius 2 is 1.74 bits per heavy atom. The van der Waals surface area contributed by atoms with Crippen molar-refractivity contribution < 1.29 is 4.74 Å². The van der Waals surface area contributed by atoms with Crippen LogP contribution in [0.5, 0.6) is 5.75 Å². The molecule has 0 bridgehead atoms. The number of anilines is 4. The van der Waals surface area contributed by atoms with Crippen molar-refractivity contribution in [2.75, 3.05) is 23.4 Å². The summed E-state index contributed by atoms with van der Waals surface area (Å²) in [6, 6.07) is 18.3. The van der Waals surface area contributed by atoms with E-state index in [9.17, 15) is 0 Å². The zero-order valence-corrected chi connectivity index (χ0v) is 16.4. The van der Waals surface area contributed by atoms with E-state index in [0.29, 0.717) is 6.61 Å². The summed E-state index contributed by atoms with van der Waals surface area (Å²) >= 11 is 0. The van der Waals surface area contributed by atoms with Gasteiger partial charge in [0.2, 0.25) is 0 Å². The summed E-state index contributed by atoms with van der Waals surface area (Å²) in [5.41, 5.74) is 3.31. The van der Waals surface area contributed by atoms with Crippen LogP contribution in [0.4, 0.5) is 23.0 Å². The molecule has 5 nitrogen and oxygen atoms in total. The van der Waals surface area contributed by atoms with E-state index in [0.717, 1.165) is 41.1 Å². The fraction of sp³-hybridized carbons (Fsp3) is 0.273. The molecule has 2 aromatic carbocycles. The molecule has 0 aliphatic rings. The molecule has 0 fully saturated rings. The molecule has 0 amide bonds. The van der Waals surface area contributed by atoms with Crippen molar-refractivity contribution in [1.29, 1.82) is 0 Å². The molecule has 1 heterocycles. The highest BCUT2D eigenvalue weighted by Gasteiger charge is 2.12. The van der Waals surface area contributed by atoms with Crippen LogP contribution in [-0.2, 0) is 0 Å². The van der Waals surface area contributed by atoms with E-state index in [2.05, 4.69) is 58.3 Å². The highest BCUT2D eigenvalue weighted by molar-refractivity contribution is 5.66. The lowest BCUT2D eigenvalue weighted by molar-refractivity contribution is 0.340. The monoisotopic (exact) mass is 362 g/mol. The van der Waals surface area contributed by atoms with Crippen LogP contribution in [-0.4, -0.2) is 23.1 Å². The van der Waals surface area contributed by atoms with Gasteiger partial charge in [0.25, 0.3) is 0 Å². The molecular formula is C22H26N4O. The molecule has 0 aliphatic heterocycles. The minimum Gasteiger partial charge on any atom is -0.494 e. The zero-order chi connectivity index (χ0) is 19.2. The van der Waals surface area contributed by atoms with Crippen molar-refractivity contribution in [2.45, 2.75) is 27.7 Å². The second kappa shape index (κ2) is 8.54. The van der Waals surface area contributed by atoms with Crippen LogP contribution >= 0.6 is 0 Å². The number of hydrogen-bond acceptors (Lipinski definition) is 5. The van der Waals surface area contributed by atoms with Crippen LogP contribution in [0.25, 0.3) is 0 Å². The Morgan fingerprint density at radius 1 is 0.963 bits per heavy atom. The average Bonchev–Trinajstić information content (AvgIpc) is 2.64. The molecule has 1 aromatic heterocycles. The largest absolute Gasteiger partial charge is 0.494 e. The predicted molar refractivity (Wildman–Crippen MR) is 112 cm³/mol. The van der Waals surface area contributed by atoms with Gasteiger partial charge in [0.15, 0.2) is 0 Å². The molecule has 3 aromatic rings. The summed E-state index contributed by atoms with van der Waals surface area (Å²) in [6.07, 6.45) is 0. The van der Waals surface area contributed by atoms with Gasteiger partial charge >= 0.3 is 0 Å². The Labute approximate surface area is 161 Å². The Morgan fingerprint density at radius 3 is 2.41 bits per heavy atom. The van der Waals surface area contributed by atoms with Gasteiger partial charge in [0, 0.05) is 24.0 Å². The lowest BCUT2D eigenvalue weighted by Gasteiger charge is -2.23. The third kappa shape index (κ3) is 4.76. The van der Waals surface area contributed by atoms with Crippen molar-refractivity contribution in [3.8, 4) is 5.75 Å². The molecule has 0 atom stereocenters. The van der Waals surface area contributed by atoms with E-state index in [4.69, 9.17) is 4.74 Å². The topological polar surface area (TPSA) is 50.3 Å². The molecule has 27 heavy (non-hydrogen) atoms. The lowest BCUT2D eigenvalue weighted by Crippen LogP contribution is -2.18. The van der Waals surface area contributed by atoms with Crippen molar-refractivity contribution in [3.05, 3.63) is 66.0 Å². The maximum absolute atomic E-state index is 5.49. The molecule has 3 rings (SSSR count). The van der Waals surface area contributed by atoms with E-state index in [1.807, 2.05) is 44.2 Å². The summed E-state index contributed by atoms with van der Waals surface area (Å²) in [7, 11) is 0. The standard InChI is InChI=1S/C22H26N4O/c1-5-26(19-9-7-8-16(3)14-19)22-15-21(23-17(4)24-22)25-18-10-12-20(13-11-18)27-6-2/h7-15H,5-6H2,1-4H3,(H,23,24,25). The fourth-order valence-corrected chi connectivity index (χ4v) is 2.98. The summed E-state index contributed by atoms with van der Waals surface area (Å²) < 4.78 is 5.49. The van der Waals surface area contributed by atoms with E-state index < -0.39 is 0 Å². The summed E-state index contributed by atoms with van der Waals surface area (Å²) in [6.45, 7) is 9.60. The first-order valence-corrected chi connectivity index (χ1v) is 9.28. The van der Waals surface area contributed by atoms with Gasteiger partial charge in [-0.05, 0) is 69.7 Å². The van der Waals surface area contributed by atoms with E-state index in [-0.39, 0.29) is 0 Å². The maximum Gasteiger partial charge on any atom is 0.138 e. The highest BCUT2D eigenvalue weighted by atomic mass is 16.5. The lowest BCUT2D eigenvalue weighted by atomic mass is 10.2. The van der Waals surface area contributed by atoms with Gasteiger partial charge in [-0.2, -0.15) is 0 Å². The van der Waals surface area contributed by atoms with Gasteiger partial charge in [-0.1, -0.05) is 12.1 Å². The first-order chi connectivity index (χ1) is 13.1. The molecule has 1 N–H and O–H groups in total. The highest BCUT2D eigenvalue weighted by Crippen LogP contribution is 2.27. The van der Waals surface area contributed by atoms with Crippen molar-refractivity contribution in [1.82, 2.24) is 9.97 Å². The van der Waals surface area contributed by atoms with Gasteiger partial charge in [0.05, 0.1) is 6.61 Å². The van der Waals surface area contributed by atoms with Gasteiger partial charge in [-0.15, -0.1) is 0 Å². The molecular weight excluding hydrogens is 336 g/mol. The minimum absolute atomic E-state index is 0.660. The van der Waals surface area contributed by atoms with Crippen LogP contribution in [0.15, 0.2) is 54.6 Å². The third-order valence-corrected chi connectivity index (χ3v) is 4.17. The van der Waals surface area contributed by atoms with Crippen LogP contribution < -0.4 is 15.0 Å². The molecule has 5 heteroatoms. The normalized spacial score (nSPS) is 10.5. The second-order valence-electron chi connectivity index (χ2n) is 6.32. The SMILES string of the molecule is CCOc1ccc(Nc2cc(N(CC)c3cccc(C)c3)nc(C)n2)cc1. The predicted octanol–water partition coefficient (Wildman–Crippen LogP) is 5.39. The number of aryl methyl sites for hydroxylation is 2. The fourth-order valence-electron chi connectivity index (χ4n) is 2.98. The number of nitrogens with zero attached hydrogens (tertiary/aromatic N) is 3. The Bertz CT molecular complexity index is 893. The van der Waals surface area contributed by atoms with Gasteiger partial charge in [-0.3, -0.25) is 0 Å². The van der Waals surface area contributed by atoms with Gasteiger partial charge in [-0.25, -0.2) is 9.97 Å². The van der Waals surface area contributed by atoms with Gasteiger partial charge < -0.3 is 15.0 Å². The summed E-state index contributed by atoms with van der Waals surface area (Å²) in [5.74, 6) is 3.24. The molecule has 0 spiro atoms. The van der Waals surface area contributed by atoms with Crippen molar-refractivity contribution in [3.63, 3.8) is 0 Å². The third-order valence-electron chi connectivity index (χ3n) is 4.17. The zero-order valence-electron chi connectivity index (χ0n) is 16.4. The van der Waals surface area contributed by atoms with E-state index >= 15 is 0 Å². The van der Waals surface area contributed by atoms with Gasteiger partial charge in [0.1, 0.15) is 23.2 Å². The van der Waals surface area contributed by atoms with Crippen LogP contribution in [0.2, 0.25) is 0 Å². The first kappa shape index (κ1) is 18.7. The Hall–Kier alpha value is -3.08. The average molecular weight is 362 g/mol. The Kier molecular flexibility index (Phi) is 5.91. The van der Waals surface area contributed by atoms with E-state index in [1.54, 1.807) is 0 Å². The second-order valence-corrected chi connectivity index (χ2v) is 6.32. The summed E-state index contributed by atoms with van der Waals surface area (Å²) in [4.78, 5) is 11.4. The van der Waals surface area contributed by atoms with Crippen LogP contribution in [0.3, 0.4) is 0 Å². The molecule has 0 aliphatic carbocycles. The minimum atomic E-state index is 0.660.